The smallest absolute Gasteiger partial charge is 0.294 e. The van der Waals surface area contributed by atoms with E-state index >= 15 is 0 Å². The molecule has 0 N–H and O–H groups in total. The third kappa shape index (κ3) is 3.84. The molecule has 1 aromatic rings. The number of carbonyl (C=O) groups is 1. The Hall–Kier alpha value is -1.39. The van der Waals surface area contributed by atoms with Crippen molar-refractivity contribution in [2.45, 2.75) is 26.4 Å². The number of carbonyl (C=O) groups excluding carboxylic acids is 1. The number of Topliss-reactive ketones (excluding diaryl/α,β-unsaturated/α-hetero) is 1. The molecule has 0 aliphatic carbocycles. The van der Waals surface area contributed by atoms with Gasteiger partial charge in [0.05, 0.1) is 5.56 Å². The zero-order valence-electron chi connectivity index (χ0n) is 9.44. The van der Waals surface area contributed by atoms with E-state index in [2.05, 4.69) is 0 Å². The molecule has 0 spiro atoms. The molecule has 0 radical (unpaired) electrons. The molecule has 0 aromatic heterocycles. The maximum atomic E-state index is 13.0. The van der Waals surface area contributed by atoms with E-state index in [1.165, 1.54) is 0 Å². The van der Waals surface area contributed by atoms with E-state index in [1.807, 2.05) is 0 Å². The molecule has 0 bridgehead atoms. The molecule has 0 aliphatic heterocycles. The molecule has 17 heavy (non-hydrogen) atoms. The number of halogens is 4. The molecule has 0 aliphatic rings. The number of ketones is 1. The minimum absolute atomic E-state index is 0.0140. The van der Waals surface area contributed by atoms with Crippen molar-refractivity contribution in [2.75, 3.05) is 0 Å². The Morgan fingerprint density at radius 1 is 1.24 bits per heavy atom. The maximum absolute atomic E-state index is 13.0. The van der Waals surface area contributed by atoms with Gasteiger partial charge in [-0.25, -0.2) is 4.39 Å². The lowest BCUT2D eigenvalue weighted by Crippen LogP contribution is -2.10. The average molecular weight is 248 g/mol. The molecule has 0 saturated carbocycles. The van der Waals surface area contributed by atoms with Gasteiger partial charge in [-0.3, -0.25) is 4.79 Å². The summed E-state index contributed by atoms with van der Waals surface area (Å²) < 4.78 is 50.2. The van der Waals surface area contributed by atoms with Crippen molar-refractivity contribution in [1.82, 2.24) is 0 Å². The van der Waals surface area contributed by atoms with Crippen LogP contribution in [-0.4, -0.2) is 5.78 Å². The highest BCUT2D eigenvalue weighted by Crippen LogP contribution is 2.30. The normalized spacial score (nSPS) is 11.9. The van der Waals surface area contributed by atoms with Crippen molar-refractivity contribution >= 4 is 5.78 Å². The highest BCUT2D eigenvalue weighted by molar-refractivity contribution is 5.96. The molecule has 0 heterocycles. The summed E-state index contributed by atoms with van der Waals surface area (Å²) in [5, 5.41) is 0. The number of benzene rings is 1. The van der Waals surface area contributed by atoms with E-state index in [0.29, 0.717) is 12.1 Å². The van der Waals surface area contributed by atoms with Gasteiger partial charge in [0.1, 0.15) is 5.82 Å². The van der Waals surface area contributed by atoms with Crippen LogP contribution >= 0.6 is 0 Å². The maximum Gasteiger partial charge on any atom is 0.416 e. The Balaban J connectivity index is 3.10. The summed E-state index contributed by atoms with van der Waals surface area (Å²) >= 11 is 0. The first-order valence-electron chi connectivity index (χ1n) is 5.11. The van der Waals surface area contributed by atoms with E-state index in [4.69, 9.17) is 0 Å². The van der Waals surface area contributed by atoms with Gasteiger partial charge >= 0.3 is 6.18 Å². The van der Waals surface area contributed by atoms with E-state index in [1.54, 1.807) is 13.8 Å². The molecule has 94 valence electrons. The van der Waals surface area contributed by atoms with Crippen LogP contribution in [-0.2, 0) is 6.18 Å². The summed E-state index contributed by atoms with van der Waals surface area (Å²) in [7, 11) is 0. The molecule has 0 amide bonds. The molecular formula is C12H12F4O. The Labute approximate surface area is 96.4 Å². The van der Waals surface area contributed by atoms with Crippen LogP contribution in [0.3, 0.4) is 0 Å². The summed E-state index contributed by atoms with van der Waals surface area (Å²) in [6, 6.07) is 1.90. The van der Waals surface area contributed by atoms with Crippen LogP contribution in [0.5, 0.6) is 0 Å². The molecule has 0 saturated heterocycles. The van der Waals surface area contributed by atoms with Gasteiger partial charge in [-0.1, -0.05) is 13.8 Å². The van der Waals surface area contributed by atoms with Gasteiger partial charge in [0, 0.05) is 12.0 Å². The van der Waals surface area contributed by atoms with Crippen LogP contribution in [0.1, 0.15) is 36.2 Å². The molecule has 0 atom stereocenters. The summed E-state index contributed by atoms with van der Waals surface area (Å²) in [6.07, 6.45) is -4.55. The number of hydrogen-bond donors (Lipinski definition) is 0. The molecule has 5 heteroatoms. The standard InChI is InChI=1S/C12H12F4O/c1-7(2)3-11(17)8-4-9(12(14,15)16)6-10(13)5-8/h4-7H,3H2,1-2H3. The van der Waals surface area contributed by atoms with Crippen LogP contribution < -0.4 is 0 Å². The highest BCUT2D eigenvalue weighted by Gasteiger charge is 2.31. The first kappa shape index (κ1) is 13.7. The van der Waals surface area contributed by atoms with Crippen molar-refractivity contribution in [1.29, 1.82) is 0 Å². The lowest BCUT2D eigenvalue weighted by Gasteiger charge is -2.09. The second kappa shape index (κ2) is 4.85. The fraction of sp³-hybridized carbons (Fsp3) is 0.417. The first-order valence-corrected chi connectivity index (χ1v) is 5.11. The van der Waals surface area contributed by atoms with Gasteiger partial charge in [-0.2, -0.15) is 13.2 Å². The zero-order valence-corrected chi connectivity index (χ0v) is 9.44. The zero-order chi connectivity index (χ0) is 13.2. The van der Waals surface area contributed by atoms with Crippen LogP contribution in [0.15, 0.2) is 18.2 Å². The van der Waals surface area contributed by atoms with Gasteiger partial charge in [-0.05, 0) is 24.1 Å². The molecule has 1 rings (SSSR count). The SMILES string of the molecule is CC(C)CC(=O)c1cc(F)cc(C(F)(F)F)c1. The Bertz CT molecular complexity index is 421. The average Bonchev–Trinajstić information content (AvgIpc) is 2.14. The second-order valence-corrected chi connectivity index (χ2v) is 4.25. The quantitative estimate of drug-likeness (QED) is 0.582. The molecule has 0 unspecified atom stereocenters. The van der Waals surface area contributed by atoms with Crippen molar-refractivity contribution in [3.05, 3.63) is 35.1 Å². The fourth-order valence-electron chi connectivity index (χ4n) is 1.40. The minimum atomic E-state index is -4.64. The van der Waals surface area contributed by atoms with Gasteiger partial charge < -0.3 is 0 Å². The molecule has 1 aromatic carbocycles. The van der Waals surface area contributed by atoms with Crippen molar-refractivity contribution < 1.29 is 22.4 Å². The van der Waals surface area contributed by atoms with E-state index in [0.717, 1.165) is 6.07 Å². The largest absolute Gasteiger partial charge is 0.416 e. The van der Waals surface area contributed by atoms with Crippen LogP contribution in [0, 0.1) is 11.7 Å². The summed E-state index contributed by atoms with van der Waals surface area (Å²) in [5.41, 5.74) is -1.37. The van der Waals surface area contributed by atoms with E-state index in [9.17, 15) is 22.4 Å². The monoisotopic (exact) mass is 248 g/mol. The van der Waals surface area contributed by atoms with Crippen LogP contribution in [0.4, 0.5) is 17.6 Å². The predicted octanol–water partition coefficient (Wildman–Crippen LogP) is 4.07. The highest BCUT2D eigenvalue weighted by atomic mass is 19.4. The number of alkyl halides is 3. The lowest BCUT2D eigenvalue weighted by molar-refractivity contribution is -0.137. The van der Waals surface area contributed by atoms with Gasteiger partial charge in [0.25, 0.3) is 0 Å². The van der Waals surface area contributed by atoms with Gasteiger partial charge in [0.2, 0.25) is 0 Å². The summed E-state index contributed by atoms with van der Waals surface area (Å²) in [4.78, 5) is 11.6. The van der Waals surface area contributed by atoms with Crippen molar-refractivity contribution in [2.24, 2.45) is 5.92 Å². The Morgan fingerprint density at radius 3 is 2.29 bits per heavy atom. The van der Waals surface area contributed by atoms with Crippen LogP contribution in [0.25, 0.3) is 0 Å². The Kier molecular flexibility index (Phi) is 3.91. The topological polar surface area (TPSA) is 17.1 Å². The third-order valence-corrected chi connectivity index (χ3v) is 2.14. The fourth-order valence-corrected chi connectivity index (χ4v) is 1.40. The molecule has 1 nitrogen and oxygen atoms in total. The minimum Gasteiger partial charge on any atom is -0.294 e. The molecular weight excluding hydrogens is 236 g/mol. The van der Waals surface area contributed by atoms with E-state index in [-0.39, 0.29) is 17.9 Å². The predicted molar refractivity (Wildman–Crippen MR) is 55.2 cm³/mol. The first-order chi connectivity index (χ1) is 7.70. The number of hydrogen-bond acceptors (Lipinski definition) is 1. The number of rotatable bonds is 3. The van der Waals surface area contributed by atoms with Crippen LogP contribution in [0.2, 0.25) is 0 Å². The van der Waals surface area contributed by atoms with Crippen molar-refractivity contribution in [3.63, 3.8) is 0 Å². The molecule has 0 fully saturated rings. The Morgan fingerprint density at radius 2 is 1.82 bits per heavy atom. The van der Waals surface area contributed by atoms with Gasteiger partial charge in [-0.15, -0.1) is 0 Å². The van der Waals surface area contributed by atoms with Crippen molar-refractivity contribution in [3.8, 4) is 0 Å². The summed E-state index contributed by atoms with van der Waals surface area (Å²) in [6.45, 7) is 3.53. The van der Waals surface area contributed by atoms with E-state index < -0.39 is 23.3 Å². The lowest BCUT2D eigenvalue weighted by atomic mass is 9.99. The third-order valence-electron chi connectivity index (χ3n) is 2.14. The second-order valence-electron chi connectivity index (χ2n) is 4.25. The summed E-state index contributed by atoms with van der Waals surface area (Å²) in [5.74, 6) is -1.52. The van der Waals surface area contributed by atoms with Gasteiger partial charge in [0.15, 0.2) is 5.78 Å².